The highest BCUT2D eigenvalue weighted by Crippen LogP contribution is 2.38. The second-order valence-corrected chi connectivity index (χ2v) is 12.6. The summed E-state index contributed by atoms with van der Waals surface area (Å²) >= 11 is 1.45. The van der Waals surface area contributed by atoms with Gasteiger partial charge in [0.05, 0.1) is 20.7 Å². The molecule has 0 aliphatic rings. The van der Waals surface area contributed by atoms with Crippen LogP contribution in [0.25, 0.3) is 0 Å². The molecule has 0 bridgehead atoms. The second-order valence-electron chi connectivity index (χ2n) is 9.15. The Morgan fingerprint density at radius 1 is 0.971 bits per heavy atom. The molecule has 0 heterocycles. The number of hydrogen-bond acceptors (Lipinski definition) is 8. The fraction of sp³-hybridized carbons (Fsp3) is 0.409. The van der Waals surface area contributed by atoms with Crippen LogP contribution in [0, 0.1) is 25.6 Å². The molecule has 2 rings (SSSR count). The predicted molar refractivity (Wildman–Crippen MR) is 129 cm³/mol. The lowest BCUT2D eigenvalue weighted by atomic mass is 9.84. The molecule has 0 atom stereocenters. The van der Waals surface area contributed by atoms with E-state index in [4.69, 9.17) is 0 Å². The first-order chi connectivity index (χ1) is 15.5. The summed E-state index contributed by atoms with van der Waals surface area (Å²) in [6.45, 7) is 9.38. The largest absolute Gasteiger partial charge is 0.298 e. The summed E-state index contributed by atoms with van der Waals surface area (Å²) in [6.07, 6.45) is 0.315. The zero-order valence-corrected chi connectivity index (χ0v) is 21.2. The number of hydrogen-bond donors (Lipinski definition) is 1. The minimum Gasteiger partial charge on any atom is -0.298 e. The van der Waals surface area contributed by atoms with Crippen molar-refractivity contribution in [3.63, 3.8) is 0 Å². The van der Waals surface area contributed by atoms with Crippen molar-refractivity contribution in [3.05, 3.63) is 68.3 Å². The molecular formula is C22H27N3O7S2. The molecule has 2 aromatic carbocycles. The van der Waals surface area contributed by atoms with Gasteiger partial charge in [-0.2, -0.15) is 0 Å². The van der Waals surface area contributed by atoms with Gasteiger partial charge >= 0.3 is 0 Å². The highest BCUT2D eigenvalue weighted by molar-refractivity contribution is 8.01. The fourth-order valence-corrected chi connectivity index (χ4v) is 5.81. The summed E-state index contributed by atoms with van der Waals surface area (Å²) in [5.74, 6) is 0.129. The Labute approximate surface area is 202 Å². The minimum atomic E-state index is -4.26. The lowest BCUT2D eigenvalue weighted by molar-refractivity contribution is -0.396. The van der Waals surface area contributed by atoms with Crippen molar-refractivity contribution in [1.29, 1.82) is 0 Å². The van der Waals surface area contributed by atoms with Crippen LogP contribution in [-0.4, -0.2) is 35.3 Å². The Balaban J connectivity index is 2.07. The number of nitro benzene ring substituents is 2. The van der Waals surface area contributed by atoms with E-state index in [0.29, 0.717) is 12.5 Å². The number of nitro groups is 2. The maximum absolute atomic E-state index is 12.7. The SMILES string of the molecule is CC(C)(C)C(=O)C(C)(C)Sc1ccc(CCNS(=O)(=O)c2ccc([N+](=O)[O-])cc2[N+](=O)[O-])cc1. The van der Waals surface area contributed by atoms with Gasteiger partial charge in [0.1, 0.15) is 0 Å². The van der Waals surface area contributed by atoms with Gasteiger partial charge in [0, 0.05) is 22.9 Å². The summed E-state index contributed by atoms with van der Waals surface area (Å²) in [6, 6.07) is 9.73. The number of thioether (sulfide) groups is 1. The normalized spacial score (nSPS) is 12.4. The molecule has 12 heteroatoms. The van der Waals surface area contributed by atoms with Crippen molar-refractivity contribution < 1.29 is 23.1 Å². The number of nitrogens with zero attached hydrogens (tertiary/aromatic N) is 2. The van der Waals surface area contributed by atoms with Crippen LogP contribution in [0.15, 0.2) is 52.3 Å². The van der Waals surface area contributed by atoms with E-state index in [2.05, 4.69) is 4.72 Å². The number of carbonyl (C=O) groups excluding carboxylic acids is 1. The summed E-state index contributed by atoms with van der Waals surface area (Å²) in [5, 5.41) is 22.1. The zero-order chi connectivity index (χ0) is 25.9. The van der Waals surface area contributed by atoms with Gasteiger partial charge in [-0.1, -0.05) is 32.9 Å². The van der Waals surface area contributed by atoms with E-state index in [1.165, 1.54) is 11.8 Å². The van der Waals surface area contributed by atoms with E-state index in [9.17, 15) is 33.4 Å². The standard InChI is InChI=1S/C22H27N3O7S2/c1-21(2,3)20(26)22(4,5)33-17-9-6-15(7-10-17)12-13-23-34(31,32)19-11-8-16(24(27)28)14-18(19)25(29)30/h6-11,14,23H,12-13H2,1-5H3. The monoisotopic (exact) mass is 509 g/mol. The van der Waals surface area contributed by atoms with Crippen molar-refractivity contribution in [1.82, 2.24) is 4.72 Å². The molecule has 0 radical (unpaired) electrons. The maximum atomic E-state index is 12.7. The first kappa shape index (κ1) is 27.4. The number of benzene rings is 2. The van der Waals surface area contributed by atoms with Crippen molar-refractivity contribution in [2.45, 2.75) is 55.6 Å². The third kappa shape index (κ3) is 6.84. The Kier molecular flexibility index (Phi) is 8.22. The second kappa shape index (κ2) is 10.2. The van der Waals surface area contributed by atoms with Crippen LogP contribution < -0.4 is 4.72 Å². The Morgan fingerprint density at radius 3 is 2.06 bits per heavy atom. The number of carbonyl (C=O) groups is 1. The fourth-order valence-electron chi connectivity index (χ4n) is 3.36. The van der Waals surface area contributed by atoms with Gasteiger partial charge in [0.15, 0.2) is 10.7 Å². The van der Waals surface area contributed by atoms with Gasteiger partial charge in [-0.15, -0.1) is 11.8 Å². The summed E-state index contributed by atoms with van der Waals surface area (Å²) in [5.41, 5.74) is -1.08. The van der Waals surface area contributed by atoms with Crippen LogP contribution in [0.2, 0.25) is 0 Å². The minimum absolute atomic E-state index is 0.0308. The van der Waals surface area contributed by atoms with Crippen LogP contribution in [0.3, 0.4) is 0 Å². The molecular weight excluding hydrogens is 482 g/mol. The molecule has 0 amide bonds. The van der Waals surface area contributed by atoms with Gasteiger partial charge in [-0.05, 0) is 44.0 Å². The van der Waals surface area contributed by atoms with Gasteiger partial charge in [-0.25, -0.2) is 13.1 Å². The van der Waals surface area contributed by atoms with Gasteiger partial charge < -0.3 is 0 Å². The van der Waals surface area contributed by atoms with E-state index in [-0.39, 0.29) is 12.3 Å². The topological polar surface area (TPSA) is 150 Å². The van der Waals surface area contributed by atoms with Gasteiger partial charge in [0.25, 0.3) is 11.4 Å². The Hall–Kier alpha value is -2.83. The first-order valence-electron chi connectivity index (χ1n) is 10.3. The average molecular weight is 510 g/mol. The molecule has 0 aliphatic carbocycles. The predicted octanol–water partition coefficient (Wildman–Crippen LogP) is 4.51. The third-order valence-electron chi connectivity index (χ3n) is 4.87. The van der Waals surface area contributed by atoms with E-state index < -0.39 is 46.3 Å². The van der Waals surface area contributed by atoms with Crippen molar-refractivity contribution in [3.8, 4) is 0 Å². The maximum Gasteiger partial charge on any atom is 0.296 e. The molecule has 0 saturated carbocycles. The first-order valence-corrected chi connectivity index (χ1v) is 12.6. The van der Waals surface area contributed by atoms with Crippen LogP contribution in [0.1, 0.15) is 40.2 Å². The smallest absolute Gasteiger partial charge is 0.296 e. The van der Waals surface area contributed by atoms with Crippen LogP contribution in [0.5, 0.6) is 0 Å². The highest BCUT2D eigenvalue weighted by atomic mass is 32.2. The number of rotatable bonds is 10. The summed E-state index contributed by atoms with van der Waals surface area (Å²) < 4.78 is 26.8. The zero-order valence-electron chi connectivity index (χ0n) is 19.5. The average Bonchev–Trinajstić information content (AvgIpc) is 2.73. The van der Waals surface area contributed by atoms with Crippen LogP contribution in [-0.2, 0) is 21.2 Å². The van der Waals surface area contributed by atoms with E-state index >= 15 is 0 Å². The van der Waals surface area contributed by atoms with Crippen LogP contribution >= 0.6 is 11.8 Å². The molecule has 0 aromatic heterocycles. The summed E-state index contributed by atoms with van der Waals surface area (Å²) in [7, 11) is -4.26. The molecule has 34 heavy (non-hydrogen) atoms. The molecule has 0 aliphatic heterocycles. The molecule has 0 spiro atoms. The summed E-state index contributed by atoms with van der Waals surface area (Å²) in [4.78, 5) is 33.2. The number of nitrogens with one attached hydrogen (secondary N) is 1. The van der Waals surface area contributed by atoms with E-state index in [1.807, 2.05) is 58.9 Å². The van der Waals surface area contributed by atoms with Crippen molar-refractivity contribution >= 4 is 38.9 Å². The lowest BCUT2D eigenvalue weighted by Gasteiger charge is -2.30. The molecule has 1 N–H and O–H groups in total. The van der Waals surface area contributed by atoms with Crippen molar-refractivity contribution in [2.24, 2.45) is 5.41 Å². The van der Waals surface area contributed by atoms with E-state index in [0.717, 1.165) is 22.6 Å². The Morgan fingerprint density at radius 2 is 1.56 bits per heavy atom. The number of ketones is 1. The molecule has 0 saturated heterocycles. The number of Topliss-reactive ketones (excluding diaryl/α,β-unsaturated/α-hetero) is 1. The number of sulfonamides is 1. The lowest BCUT2D eigenvalue weighted by Crippen LogP contribution is -2.37. The molecule has 2 aromatic rings. The highest BCUT2D eigenvalue weighted by Gasteiger charge is 2.36. The molecule has 0 unspecified atom stereocenters. The molecule has 0 fully saturated rings. The Bertz CT molecular complexity index is 1200. The quantitative estimate of drug-likeness (QED) is 0.279. The number of non-ortho nitro benzene ring substituents is 1. The molecule has 10 nitrogen and oxygen atoms in total. The van der Waals surface area contributed by atoms with Gasteiger partial charge in [0.2, 0.25) is 10.0 Å². The van der Waals surface area contributed by atoms with Crippen molar-refractivity contribution in [2.75, 3.05) is 6.54 Å². The van der Waals surface area contributed by atoms with E-state index in [1.54, 1.807) is 0 Å². The third-order valence-corrected chi connectivity index (χ3v) is 7.58. The van der Waals surface area contributed by atoms with Crippen LogP contribution in [0.4, 0.5) is 11.4 Å². The van der Waals surface area contributed by atoms with Gasteiger partial charge in [-0.3, -0.25) is 25.0 Å². The molecule has 184 valence electrons.